The fraction of sp³-hybridized carbons (Fsp3) is 0.188. The maximum Gasteiger partial charge on any atom is 0.253 e. The molecule has 1 amide bonds. The van der Waals surface area contributed by atoms with E-state index < -0.39 is 12.0 Å². The molecule has 1 atom stereocenters. The maximum atomic E-state index is 12.0. The van der Waals surface area contributed by atoms with Gasteiger partial charge in [-0.15, -0.1) is 0 Å². The van der Waals surface area contributed by atoms with Crippen LogP contribution in [0.25, 0.3) is 0 Å². The van der Waals surface area contributed by atoms with Crippen molar-refractivity contribution in [2.75, 3.05) is 0 Å². The first-order valence-corrected chi connectivity index (χ1v) is 6.88. The lowest BCUT2D eigenvalue weighted by Gasteiger charge is -2.13. The highest BCUT2D eigenvalue weighted by molar-refractivity contribution is 6.31. The van der Waals surface area contributed by atoms with Gasteiger partial charge >= 0.3 is 0 Å². The molecule has 0 fully saturated rings. The van der Waals surface area contributed by atoms with Crippen molar-refractivity contribution >= 4 is 17.5 Å². The highest BCUT2D eigenvalue weighted by atomic mass is 35.5. The Bertz CT molecular complexity index is 630. The van der Waals surface area contributed by atoms with Gasteiger partial charge in [-0.25, -0.2) is 0 Å². The molecule has 0 saturated heterocycles. The zero-order chi connectivity index (χ0) is 15.2. The average Bonchev–Trinajstić information content (AvgIpc) is 2.52. The summed E-state index contributed by atoms with van der Waals surface area (Å²) in [5.41, 5.74) is 2.00. The van der Waals surface area contributed by atoms with E-state index in [0.29, 0.717) is 10.6 Å². The summed E-state index contributed by atoms with van der Waals surface area (Å²) in [6.07, 6.45) is -1.31. The van der Waals surface area contributed by atoms with Crippen LogP contribution in [0.4, 0.5) is 0 Å². The molecular formula is C16H16ClNO3. The molecule has 21 heavy (non-hydrogen) atoms. The summed E-state index contributed by atoms with van der Waals surface area (Å²) in [7, 11) is 0. The maximum absolute atomic E-state index is 12.0. The lowest BCUT2D eigenvalue weighted by molar-refractivity contribution is -0.129. The van der Waals surface area contributed by atoms with Crippen LogP contribution in [-0.2, 0) is 17.9 Å². The smallest absolute Gasteiger partial charge is 0.253 e. The van der Waals surface area contributed by atoms with Gasteiger partial charge in [0.2, 0.25) is 0 Å². The van der Waals surface area contributed by atoms with Crippen LogP contribution in [0.3, 0.4) is 0 Å². The molecule has 0 aliphatic heterocycles. The summed E-state index contributed by atoms with van der Waals surface area (Å²) in [5, 5.41) is 22.1. The van der Waals surface area contributed by atoms with Gasteiger partial charge in [-0.3, -0.25) is 4.79 Å². The zero-order valence-corrected chi connectivity index (χ0v) is 12.0. The molecule has 0 heterocycles. The fourth-order valence-electron chi connectivity index (χ4n) is 1.96. The van der Waals surface area contributed by atoms with Crippen LogP contribution in [0.15, 0.2) is 48.5 Å². The van der Waals surface area contributed by atoms with Crippen molar-refractivity contribution in [3.63, 3.8) is 0 Å². The van der Waals surface area contributed by atoms with E-state index in [0.717, 1.165) is 11.1 Å². The van der Waals surface area contributed by atoms with Gasteiger partial charge in [0.25, 0.3) is 5.91 Å². The summed E-state index contributed by atoms with van der Waals surface area (Å²) in [4.78, 5) is 12.0. The van der Waals surface area contributed by atoms with E-state index in [1.807, 2.05) is 6.07 Å². The summed E-state index contributed by atoms with van der Waals surface area (Å²) in [6, 6.07) is 13.9. The molecule has 2 rings (SSSR count). The van der Waals surface area contributed by atoms with Crippen LogP contribution in [0, 0.1) is 0 Å². The number of benzene rings is 2. The summed E-state index contributed by atoms with van der Waals surface area (Å²) in [6.45, 7) is 0.220. The molecule has 2 aromatic carbocycles. The largest absolute Gasteiger partial charge is 0.392 e. The second-order valence-corrected chi connectivity index (χ2v) is 5.03. The minimum atomic E-state index is -1.31. The Morgan fingerprint density at radius 3 is 2.57 bits per heavy atom. The van der Waals surface area contributed by atoms with Gasteiger partial charge in [-0.2, -0.15) is 0 Å². The number of aliphatic hydroxyl groups is 2. The number of carbonyl (C=O) groups is 1. The molecule has 5 heteroatoms. The first-order chi connectivity index (χ1) is 10.1. The molecule has 0 aliphatic carbocycles. The van der Waals surface area contributed by atoms with E-state index in [1.165, 1.54) is 0 Å². The average molecular weight is 306 g/mol. The van der Waals surface area contributed by atoms with Crippen LogP contribution >= 0.6 is 11.6 Å². The number of amides is 1. The normalized spacial score (nSPS) is 12.0. The van der Waals surface area contributed by atoms with Crippen molar-refractivity contribution in [3.8, 4) is 0 Å². The van der Waals surface area contributed by atoms with Crippen LogP contribution < -0.4 is 5.32 Å². The second kappa shape index (κ2) is 7.22. The Kier molecular flexibility index (Phi) is 5.33. The molecule has 0 saturated carbocycles. The van der Waals surface area contributed by atoms with Gasteiger partial charge in [-0.05, 0) is 17.2 Å². The molecule has 0 unspecified atom stereocenters. The molecular weight excluding hydrogens is 290 g/mol. The highest BCUT2D eigenvalue weighted by Gasteiger charge is 2.19. The van der Waals surface area contributed by atoms with E-state index in [-0.39, 0.29) is 13.2 Å². The van der Waals surface area contributed by atoms with Crippen LogP contribution in [0.5, 0.6) is 0 Å². The number of hydrogen-bond donors (Lipinski definition) is 3. The Hall–Kier alpha value is -1.88. The Morgan fingerprint density at radius 1 is 1.14 bits per heavy atom. The SMILES string of the molecule is O=C(NCc1cccc(CO)c1)[C@H](O)c1ccccc1Cl. The van der Waals surface area contributed by atoms with Gasteiger partial charge in [0.15, 0.2) is 6.10 Å². The Balaban J connectivity index is 2.00. The van der Waals surface area contributed by atoms with Gasteiger partial charge in [0.05, 0.1) is 6.61 Å². The monoisotopic (exact) mass is 305 g/mol. The molecule has 4 nitrogen and oxygen atoms in total. The molecule has 0 aliphatic rings. The number of hydrogen-bond acceptors (Lipinski definition) is 3. The van der Waals surface area contributed by atoms with Gasteiger partial charge in [0.1, 0.15) is 0 Å². The van der Waals surface area contributed by atoms with Crippen molar-refractivity contribution in [1.82, 2.24) is 5.32 Å². The first kappa shape index (κ1) is 15.5. The molecule has 0 aromatic heterocycles. The Labute approximate surface area is 128 Å². The Morgan fingerprint density at radius 2 is 1.86 bits per heavy atom. The molecule has 0 spiro atoms. The number of aliphatic hydroxyl groups excluding tert-OH is 2. The highest BCUT2D eigenvalue weighted by Crippen LogP contribution is 2.22. The number of halogens is 1. The molecule has 2 aromatic rings. The van der Waals surface area contributed by atoms with Crippen molar-refractivity contribution in [2.45, 2.75) is 19.3 Å². The van der Waals surface area contributed by atoms with Gasteiger partial charge in [0, 0.05) is 17.1 Å². The van der Waals surface area contributed by atoms with E-state index in [4.69, 9.17) is 16.7 Å². The standard InChI is InChI=1S/C16H16ClNO3/c17-14-7-2-1-6-13(14)15(20)16(21)18-9-11-4-3-5-12(8-11)10-19/h1-8,15,19-20H,9-10H2,(H,18,21)/t15-/m1/s1. The van der Waals surface area contributed by atoms with Crippen LogP contribution in [-0.4, -0.2) is 16.1 Å². The van der Waals surface area contributed by atoms with Gasteiger partial charge in [-0.1, -0.05) is 54.1 Å². The second-order valence-electron chi connectivity index (χ2n) is 4.62. The third kappa shape index (κ3) is 4.04. The quantitative estimate of drug-likeness (QED) is 0.793. The predicted molar refractivity (Wildman–Crippen MR) is 80.6 cm³/mol. The first-order valence-electron chi connectivity index (χ1n) is 6.50. The van der Waals surface area contributed by atoms with Crippen molar-refractivity contribution in [2.24, 2.45) is 0 Å². The number of carbonyl (C=O) groups excluding carboxylic acids is 1. The molecule has 3 N–H and O–H groups in total. The number of nitrogens with one attached hydrogen (secondary N) is 1. The zero-order valence-electron chi connectivity index (χ0n) is 11.3. The number of rotatable bonds is 5. The summed E-state index contributed by atoms with van der Waals surface area (Å²) in [5.74, 6) is -0.516. The summed E-state index contributed by atoms with van der Waals surface area (Å²) < 4.78 is 0. The third-order valence-corrected chi connectivity index (χ3v) is 3.43. The minimum Gasteiger partial charge on any atom is -0.392 e. The third-order valence-electron chi connectivity index (χ3n) is 3.09. The molecule has 0 bridgehead atoms. The van der Waals surface area contributed by atoms with E-state index in [2.05, 4.69) is 5.32 Å². The lowest BCUT2D eigenvalue weighted by atomic mass is 10.1. The minimum absolute atomic E-state index is 0.0516. The van der Waals surface area contributed by atoms with Gasteiger partial charge < -0.3 is 15.5 Å². The van der Waals surface area contributed by atoms with E-state index in [9.17, 15) is 9.90 Å². The van der Waals surface area contributed by atoms with Crippen LogP contribution in [0.1, 0.15) is 22.8 Å². The van der Waals surface area contributed by atoms with Crippen molar-refractivity contribution in [1.29, 1.82) is 0 Å². The van der Waals surface area contributed by atoms with Crippen molar-refractivity contribution in [3.05, 3.63) is 70.2 Å². The summed E-state index contributed by atoms with van der Waals surface area (Å²) >= 11 is 5.95. The van der Waals surface area contributed by atoms with Crippen molar-refractivity contribution < 1.29 is 15.0 Å². The van der Waals surface area contributed by atoms with E-state index >= 15 is 0 Å². The lowest BCUT2D eigenvalue weighted by Crippen LogP contribution is -2.29. The topological polar surface area (TPSA) is 69.6 Å². The molecule has 0 radical (unpaired) electrons. The van der Waals surface area contributed by atoms with Crippen LogP contribution in [0.2, 0.25) is 5.02 Å². The predicted octanol–water partition coefficient (Wildman–Crippen LogP) is 2.18. The fourth-order valence-corrected chi connectivity index (χ4v) is 2.20. The molecule has 110 valence electrons. The van der Waals surface area contributed by atoms with E-state index in [1.54, 1.807) is 42.5 Å².